The van der Waals surface area contributed by atoms with E-state index in [1.165, 1.54) is 15.6 Å². The van der Waals surface area contributed by atoms with E-state index in [4.69, 9.17) is 11.6 Å². The van der Waals surface area contributed by atoms with Crippen molar-refractivity contribution >= 4 is 33.0 Å². The molecule has 2 rings (SSSR count). The Morgan fingerprint density at radius 3 is 2.81 bits per heavy atom. The molecule has 1 aliphatic rings. The molecule has 0 aromatic carbocycles. The van der Waals surface area contributed by atoms with Crippen LogP contribution in [0.2, 0.25) is 0 Å². The van der Waals surface area contributed by atoms with Crippen LogP contribution in [-0.4, -0.2) is 31.2 Å². The lowest BCUT2D eigenvalue weighted by Gasteiger charge is -2.13. The number of rotatable bonds is 3. The van der Waals surface area contributed by atoms with Crippen molar-refractivity contribution in [1.82, 2.24) is 4.31 Å². The second-order valence-electron chi connectivity index (χ2n) is 3.82. The largest absolute Gasteiger partial charge is 0.252 e. The molecule has 1 aromatic rings. The van der Waals surface area contributed by atoms with E-state index in [9.17, 15) is 8.42 Å². The molecule has 1 atom stereocenters. The molecule has 0 amide bonds. The maximum atomic E-state index is 12.2. The average Bonchev–Trinajstić information content (AvgIpc) is 2.85. The molecule has 1 saturated heterocycles. The first-order chi connectivity index (χ1) is 7.54. The average molecular weight is 280 g/mol. The zero-order chi connectivity index (χ0) is 11.8. The summed E-state index contributed by atoms with van der Waals surface area (Å²) in [6.07, 6.45) is 1.62. The maximum Gasteiger partial charge on any atom is 0.252 e. The van der Waals surface area contributed by atoms with E-state index >= 15 is 0 Å². The Labute approximate surface area is 105 Å². The zero-order valence-electron chi connectivity index (χ0n) is 9.02. The minimum Gasteiger partial charge on any atom is -0.206 e. The summed E-state index contributed by atoms with van der Waals surface area (Å²) in [6, 6.07) is 3.58. The van der Waals surface area contributed by atoms with Crippen molar-refractivity contribution in [2.45, 2.75) is 29.4 Å². The third-order valence-electron chi connectivity index (χ3n) is 2.67. The number of halogens is 1. The molecule has 16 heavy (non-hydrogen) atoms. The minimum absolute atomic E-state index is 0.0413. The Balaban J connectivity index is 2.25. The first-order valence-electron chi connectivity index (χ1n) is 5.27. The number of sulfonamides is 1. The molecule has 1 aliphatic heterocycles. The highest BCUT2D eigenvalue weighted by Crippen LogP contribution is 2.28. The molecule has 0 saturated carbocycles. The normalized spacial score (nSPS) is 22.8. The SMILES string of the molecule is CCc1ccc(S(=O)(=O)N2CCC(Cl)C2)s1. The van der Waals surface area contributed by atoms with Crippen molar-refractivity contribution in [2.24, 2.45) is 0 Å². The van der Waals surface area contributed by atoms with Crippen LogP contribution in [0, 0.1) is 0 Å². The van der Waals surface area contributed by atoms with Gasteiger partial charge in [-0.1, -0.05) is 6.92 Å². The van der Waals surface area contributed by atoms with Crippen molar-refractivity contribution in [3.05, 3.63) is 17.0 Å². The number of aryl methyl sites for hydroxylation is 1. The van der Waals surface area contributed by atoms with Gasteiger partial charge in [0.25, 0.3) is 10.0 Å². The molecule has 0 bridgehead atoms. The van der Waals surface area contributed by atoms with Gasteiger partial charge in [-0.2, -0.15) is 4.31 Å². The van der Waals surface area contributed by atoms with Crippen molar-refractivity contribution in [1.29, 1.82) is 0 Å². The maximum absolute atomic E-state index is 12.2. The molecule has 3 nitrogen and oxygen atoms in total. The summed E-state index contributed by atoms with van der Waals surface area (Å²) in [5, 5.41) is -0.0413. The van der Waals surface area contributed by atoms with Gasteiger partial charge in [0.05, 0.1) is 0 Å². The summed E-state index contributed by atoms with van der Waals surface area (Å²) < 4.78 is 26.3. The standard InChI is InChI=1S/C10H14ClNO2S2/c1-2-9-3-4-10(15-9)16(13,14)12-6-5-8(11)7-12/h3-4,8H,2,5-7H2,1H3. The molecule has 0 N–H and O–H groups in total. The summed E-state index contributed by atoms with van der Waals surface area (Å²) in [5.74, 6) is 0. The number of thiophene rings is 1. The lowest BCUT2D eigenvalue weighted by molar-refractivity contribution is 0.479. The smallest absolute Gasteiger partial charge is 0.206 e. The Kier molecular flexibility index (Phi) is 3.59. The van der Waals surface area contributed by atoms with Gasteiger partial charge in [-0.25, -0.2) is 8.42 Å². The van der Waals surface area contributed by atoms with Crippen molar-refractivity contribution < 1.29 is 8.42 Å². The lowest BCUT2D eigenvalue weighted by Crippen LogP contribution is -2.28. The van der Waals surface area contributed by atoms with Crippen molar-refractivity contribution in [3.63, 3.8) is 0 Å². The highest BCUT2D eigenvalue weighted by molar-refractivity contribution is 7.91. The van der Waals surface area contributed by atoms with Gasteiger partial charge in [0.1, 0.15) is 4.21 Å². The Hall–Kier alpha value is -0.100. The molecule has 6 heteroatoms. The first-order valence-corrected chi connectivity index (χ1v) is 7.96. The summed E-state index contributed by atoms with van der Waals surface area (Å²) >= 11 is 7.29. The first kappa shape index (κ1) is 12.4. The van der Waals surface area contributed by atoms with Crippen LogP contribution < -0.4 is 0 Å². The highest BCUT2D eigenvalue weighted by atomic mass is 35.5. The molecule has 0 spiro atoms. The van der Waals surface area contributed by atoms with E-state index in [1.54, 1.807) is 6.07 Å². The number of hydrogen-bond donors (Lipinski definition) is 0. The Morgan fingerprint density at radius 1 is 1.56 bits per heavy atom. The Morgan fingerprint density at radius 2 is 2.31 bits per heavy atom. The molecule has 2 heterocycles. The third-order valence-corrected chi connectivity index (χ3v) is 6.59. The summed E-state index contributed by atoms with van der Waals surface area (Å²) in [6.45, 7) is 2.99. The van der Waals surface area contributed by atoms with Crippen LogP contribution in [0.4, 0.5) is 0 Å². The minimum atomic E-state index is -3.29. The molecule has 1 unspecified atom stereocenters. The van der Waals surface area contributed by atoms with Gasteiger partial charge in [0, 0.05) is 23.3 Å². The van der Waals surface area contributed by atoms with E-state index in [1.807, 2.05) is 13.0 Å². The molecule has 90 valence electrons. The summed E-state index contributed by atoms with van der Waals surface area (Å²) in [4.78, 5) is 1.10. The van der Waals surface area contributed by atoms with Crippen LogP contribution in [0.25, 0.3) is 0 Å². The van der Waals surface area contributed by atoms with Gasteiger partial charge in [-0.05, 0) is 25.0 Å². The monoisotopic (exact) mass is 279 g/mol. The van der Waals surface area contributed by atoms with Crippen molar-refractivity contribution in [3.8, 4) is 0 Å². The molecule has 0 aliphatic carbocycles. The Bertz CT molecular complexity index is 469. The lowest BCUT2D eigenvalue weighted by atomic mass is 10.4. The van der Waals surface area contributed by atoms with Crippen LogP contribution in [-0.2, 0) is 16.4 Å². The predicted molar refractivity (Wildman–Crippen MR) is 66.7 cm³/mol. The number of hydrogen-bond acceptors (Lipinski definition) is 3. The number of alkyl halides is 1. The van der Waals surface area contributed by atoms with Crippen LogP contribution in [0.15, 0.2) is 16.3 Å². The van der Waals surface area contributed by atoms with E-state index in [0.717, 1.165) is 17.7 Å². The van der Waals surface area contributed by atoms with Gasteiger partial charge in [-0.3, -0.25) is 0 Å². The van der Waals surface area contributed by atoms with Crippen molar-refractivity contribution in [2.75, 3.05) is 13.1 Å². The van der Waals surface area contributed by atoms with E-state index in [0.29, 0.717) is 17.3 Å². The third kappa shape index (κ3) is 2.27. The van der Waals surface area contributed by atoms with Crippen LogP contribution in [0.3, 0.4) is 0 Å². The predicted octanol–water partition coefficient (Wildman–Crippen LogP) is 2.31. The second kappa shape index (κ2) is 4.64. The molecular formula is C10H14ClNO2S2. The second-order valence-corrected chi connectivity index (χ2v) is 7.77. The molecule has 1 fully saturated rings. The van der Waals surface area contributed by atoms with Gasteiger partial charge < -0.3 is 0 Å². The summed E-state index contributed by atoms with van der Waals surface area (Å²) in [7, 11) is -3.29. The summed E-state index contributed by atoms with van der Waals surface area (Å²) in [5.41, 5.74) is 0. The zero-order valence-corrected chi connectivity index (χ0v) is 11.4. The van der Waals surface area contributed by atoms with Gasteiger partial charge in [0.15, 0.2) is 0 Å². The van der Waals surface area contributed by atoms with E-state index < -0.39 is 10.0 Å². The quantitative estimate of drug-likeness (QED) is 0.797. The fourth-order valence-electron chi connectivity index (χ4n) is 1.72. The van der Waals surface area contributed by atoms with Crippen LogP contribution in [0.1, 0.15) is 18.2 Å². The van der Waals surface area contributed by atoms with Gasteiger partial charge in [0.2, 0.25) is 0 Å². The number of nitrogens with zero attached hydrogens (tertiary/aromatic N) is 1. The van der Waals surface area contributed by atoms with Crippen LogP contribution >= 0.6 is 22.9 Å². The van der Waals surface area contributed by atoms with E-state index in [2.05, 4.69) is 0 Å². The van der Waals surface area contributed by atoms with E-state index in [-0.39, 0.29) is 5.38 Å². The molecule has 1 aromatic heterocycles. The fourth-order valence-corrected chi connectivity index (χ4v) is 5.02. The fraction of sp³-hybridized carbons (Fsp3) is 0.600. The highest BCUT2D eigenvalue weighted by Gasteiger charge is 2.32. The molecular weight excluding hydrogens is 266 g/mol. The van der Waals surface area contributed by atoms with Gasteiger partial charge in [-0.15, -0.1) is 22.9 Å². The topological polar surface area (TPSA) is 37.4 Å². The van der Waals surface area contributed by atoms with Crippen LogP contribution in [0.5, 0.6) is 0 Å². The molecule has 0 radical (unpaired) electrons. The van der Waals surface area contributed by atoms with Gasteiger partial charge >= 0.3 is 0 Å².